The molecule has 162 valence electrons. The van der Waals surface area contributed by atoms with Crippen molar-refractivity contribution in [2.45, 2.75) is 18.8 Å². The zero-order valence-electron chi connectivity index (χ0n) is 16.7. The van der Waals surface area contributed by atoms with Crippen molar-refractivity contribution in [3.8, 4) is 17.0 Å². The molecule has 7 nitrogen and oxygen atoms in total. The highest BCUT2D eigenvalue weighted by Crippen LogP contribution is 2.33. The standard InChI is InChI=1S/C21H19F3N4O3/c1-13-4-3-5-17(26-13)16-10-25-28(2)18(16)19(29)27-20(11-30-12-20)14-6-8-15(9-7-14)31-21(22,23)24/h3-10H,11-12H2,1-2H3,(H,27,29). The highest BCUT2D eigenvalue weighted by Gasteiger charge is 2.43. The molecule has 0 spiro atoms. The van der Waals surface area contributed by atoms with Gasteiger partial charge >= 0.3 is 6.36 Å². The third kappa shape index (κ3) is 4.24. The molecule has 10 heteroatoms. The van der Waals surface area contributed by atoms with Gasteiger partial charge in [-0.25, -0.2) is 0 Å². The predicted molar refractivity (Wildman–Crippen MR) is 104 cm³/mol. The average Bonchev–Trinajstić information content (AvgIpc) is 3.06. The molecule has 1 aromatic carbocycles. The van der Waals surface area contributed by atoms with E-state index in [4.69, 9.17) is 4.74 Å². The van der Waals surface area contributed by atoms with Gasteiger partial charge in [-0.05, 0) is 36.8 Å². The zero-order chi connectivity index (χ0) is 22.2. The summed E-state index contributed by atoms with van der Waals surface area (Å²) in [7, 11) is 1.65. The molecule has 0 radical (unpaired) electrons. The van der Waals surface area contributed by atoms with Crippen molar-refractivity contribution in [2.24, 2.45) is 7.05 Å². The fraction of sp³-hybridized carbons (Fsp3) is 0.286. The molecule has 3 aromatic rings. The number of halogens is 3. The lowest BCUT2D eigenvalue weighted by Gasteiger charge is -2.42. The Balaban J connectivity index is 1.60. The van der Waals surface area contributed by atoms with Gasteiger partial charge in [0.1, 0.15) is 17.0 Å². The van der Waals surface area contributed by atoms with Crippen LogP contribution in [0.25, 0.3) is 11.3 Å². The minimum absolute atomic E-state index is 0.189. The van der Waals surface area contributed by atoms with Gasteiger partial charge in [0.05, 0.1) is 30.7 Å². The number of carbonyl (C=O) groups excluding carboxylic acids is 1. The summed E-state index contributed by atoms with van der Waals surface area (Å²) in [6.07, 6.45) is -3.20. The van der Waals surface area contributed by atoms with Crippen LogP contribution in [0.5, 0.6) is 5.75 Å². The Bertz CT molecular complexity index is 1110. The molecule has 1 amide bonds. The number of hydrogen-bond acceptors (Lipinski definition) is 5. The highest BCUT2D eigenvalue weighted by molar-refractivity contribution is 5.99. The summed E-state index contributed by atoms with van der Waals surface area (Å²) in [6, 6.07) is 10.9. The van der Waals surface area contributed by atoms with Crippen LogP contribution in [0.1, 0.15) is 21.7 Å². The third-order valence-corrected chi connectivity index (χ3v) is 5.01. The molecule has 1 aliphatic heterocycles. The maximum atomic E-state index is 13.2. The Morgan fingerprint density at radius 1 is 1.19 bits per heavy atom. The van der Waals surface area contributed by atoms with Crippen LogP contribution in [0.3, 0.4) is 0 Å². The molecule has 0 aliphatic carbocycles. The minimum atomic E-state index is -4.77. The maximum absolute atomic E-state index is 13.2. The first-order chi connectivity index (χ1) is 14.7. The van der Waals surface area contributed by atoms with Crippen molar-refractivity contribution in [2.75, 3.05) is 13.2 Å². The normalized spacial score (nSPS) is 15.3. The third-order valence-electron chi connectivity index (χ3n) is 5.01. The van der Waals surface area contributed by atoms with Crippen molar-refractivity contribution in [1.29, 1.82) is 0 Å². The van der Waals surface area contributed by atoms with Gasteiger partial charge in [0.25, 0.3) is 5.91 Å². The average molecular weight is 432 g/mol. The second-order valence-electron chi connectivity index (χ2n) is 7.30. The number of aryl methyl sites for hydroxylation is 2. The number of benzene rings is 1. The Morgan fingerprint density at radius 2 is 1.90 bits per heavy atom. The van der Waals surface area contributed by atoms with Crippen molar-refractivity contribution in [3.05, 3.63) is 65.6 Å². The van der Waals surface area contributed by atoms with Gasteiger partial charge in [0, 0.05) is 12.7 Å². The van der Waals surface area contributed by atoms with Gasteiger partial charge in [-0.3, -0.25) is 14.5 Å². The Morgan fingerprint density at radius 3 is 2.48 bits per heavy atom. The first-order valence-corrected chi connectivity index (χ1v) is 9.39. The monoisotopic (exact) mass is 432 g/mol. The summed E-state index contributed by atoms with van der Waals surface area (Å²) < 4.78 is 47.9. The van der Waals surface area contributed by atoms with Crippen molar-refractivity contribution < 1.29 is 27.4 Å². The lowest BCUT2D eigenvalue weighted by Crippen LogP contribution is -2.59. The van der Waals surface area contributed by atoms with Crippen LogP contribution in [-0.4, -0.2) is 40.2 Å². The van der Waals surface area contributed by atoms with E-state index in [2.05, 4.69) is 20.1 Å². The minimum Gasteiger partial charge on any atom is -0.406 e. The smallest absolute Gasteiger partial charge is 0.406 e. The second kappa shape index (κ2) is 7.69. The first kappa shape index (κ1) is 20.9. The molecule has 1 saturated heterocycles. The van der Waals surface area contributed by atoms with E-state index in [1.54, 1.807) is 19.3 Å². The van der Waals surface area contributed by atoms with Crippen LogP contribution in [0.4, 0.5) is 13.2 Å². The van der Waals surface area contributed by atoms with Crippen LogP contribution in [0.2, 0.25) is 0 Å². The molecule has 31 heavy (non-hydrogen) atoms. The van der Waals surface area contributed by atoms with Crippen molar-refractivity contribution in [1.82, 2.24) is 20.1 Å². The van der Waals surface area contributed by atoms with Gasteiger partial charge < -0.3 is 14.8 Å². The first-order valence-electron chi connectivity index (χ1n) is 9.39. The number of ether oxygens (including phenoxy) is 2. The molecule has 0 bridgehead atoms. The van der Waals surface area contributed by atoms with E-state index in [9.17, 15) is 18.0 Å². The van der Waals surface area contributed by atoms with Crippen molar-refractivity contribution in [3.63, 3.8) is 0 Å². The number of nitrogens with one attached hydrogen (secondary N) is 1. The van der Waals surface area contributed by atoms with Crippen LogP contribution in [-0.2, 0) is 17.3 Å². The number of amides is 1. The number of rotatable bonds is 5. The van der Waals surface area contributed by atoms with E-state index in [0.29, 0.717) is 22.5 Å². The molecule has 2 aromatic heterocycles. The molecule has 3 heterocycles. The highest BCUT2D eigenvalue weighted by atomic mass is 19.4. The van der Waals surface area contributed by atoms with E-state index in [0.717, 1.165) is 5.69 Å². The summed E-state index contributed by atoms with van der Waals surface area (Å²) in [6.45, 7) is 2.23. The van der Waals surface area contributed by atoms with Crippen LogP contribution in [0, 0.1) is 6.92 Å². The van der Waals surface area contributed by atoms with Gasteiger partial charge in [0.15, 0.2) is 0 Å². The topological polar surface area (TPSA) is 78.3 Å². The van der Waals surface area contributed by atoms with E-state index < -0.39 is 17.8 Å². The number of aromatic nitrogens is 3. The van der Waals surface area contributed by atoms with E-state index in [1.165, 1.54) is 28.9 Å². The Labute approximate surface area is 175 Å². The zero-order valence-corrected chi connectivity index (χ0v) is 16.7. The van der Waals surface area contributed by atoms with Gasteiger partial charge in [-0.2, -0.15) is 5.10 Å². The summed E-state index contributed by atoms with van der Waals surface area (Å²) in [5.41, 5.74) is 2.06. The summed E-state index contributed by atoms with van der Waals surface area (Å²) in [5, 5.41) is 7.16. The molecule has 4 rings (SSSR count). The summed E-state index contributed by atoms with van der Waals surface area (Å²) in [5.74, 6) is -0.727. The van der Waals surface area contributed by atoms with Gasteiger partial charge in [0.2, 0.25) is 0 Å². The Kier molecular flexibility index (Phi) is 5.18. The predicted octanol–water partition coefficient (Wildman–Crippen LogP) is 3.34. The van der Waals surface area contributed by atoms with E-state index in [1.807, 2.05) is 19.1 Å². The fourth-order valence-corrected chi connectivity index (χ4v) is 3.46. The van der Waals surface area contributed by atoms with Gasteiger partial charge in [-0.15, -0.1) is 13.2 Å². The molecule has 0 unspecified atom stereocenters. The van der Waals surface area contributed by atoms with Gasteiger partial charge in [-0.1, -0.05) is 18.2 Å². The second-order valence-corrected chi connectivity index (χ2v) is 7.30. The lowest BCUT2D eigenvalue weighted by atomic mass is 9.87. The molecule has 1 fully saturated rings. The number of pyridine rings is 1. The molecule has 0 saturated carbocycles. The lowest BCUT2D eigenvalue weighted by molar-refractivity contribution is -0.274. The largest absolute Gasteiger partial charge is 0.573 e. The maximum Gasteiger partial charge on any atom is 0.573 e. The molecular formula is C21H19F3N4O3. The molecule has 1 N–H and O–H groups in total. The molecule has 1 aliphatic rings. The summed E-state index contributed by atoms with van der Waals surface area (Å²) in [4.78, 5) is 17.7. The Hall–Kier alpha value is -3.40. The van der Waals surface area contributed by atoms with E-state index in [-0.39, 0.29) is 19.0 Å². The van der Waals surface area contributed by atoms with Crippen LogP contribution >= 0.6 is 0 Å². The van der Waals surface area contributed by atoms with Crippen LogP contribution < -0.4 is 10.1 Å². The van der Waals surface area contributed by atoms with E-state index >= 15 is 0 Å². The number of alkyl halides is 3. The fourth-order valence-electron chi connectivity index (χ4n) is 3.46. The van der Waals surface area contributed by atoms with Crippen LogP contribution in [0.15, 0.2) is 48.7 Å². The number of nitrogens with zero attached hydrogens (tertiary/aromatic N) is 3. The molecule has 0 atom stereocenters. The van der Waals surface area contributed by atoms with Crippen molar-refractivity contribution >= 4 is 5.91 Å². The number of carbonyl (C=O) groups is 1. The quantitative estimate of drug-likeness (QED) is 0.669. The molecular weight excluding hydrogens is 413 g/mol. The summed E-state index contributed by atoms with van der Waals surface area (Å²) >= 11 is 0. The number of hydrogen-bond donors (Lipinski definition) is 1. The SMILES string of the molecule is Cc1cccc(-c2cnn(C)c2C(=O)NC2(c3ccc(OC(F)(F)F)cc3)COC2)n1.